The number of carbonyl (C=O) groups excluding carboxylic acids is 1. The third-order valence-corrected chi connectivity index (χ3v) is 7.90. The fraction of sp³-hybridized carbons (Fsp3) is 0.650. The Morgan fingerprint density at radius 2 is 1.56 bits per heavy atom. The average molecular weight is 395 g/mol. The van der Waals surface area contributed by atoms with Crippen molar-refractivity contribution < 1.29 is 17.6 Å². The summed E-state index contributed by atoms with van der Waals surface area (Å²) in [4.78, 5) is 15.3. The Kier molecular flexibility index (Phi) is 5.01. The lowest BCUT2D eigenvalue weighted by Crippen LogP contribution is -2.50. The van der Waals surface area contributed by atoms with Crippen molar-refractivity contribution in [1.82, 2.24) is 9.21 Å². The molecule has 0 aromatic heterocycles. The van der Waals surface area contributed by atoms with Crippen LogP contribution >= 0.6 is 0 Å². The van der Waals surface area contributed by atoms with Crippen LogP contribution in [-0.4, -0.2) is 55.0 Å². The summed E-state index contributed by atoms with van der Waals surface area (Å²) in [7, 11) is -3.17. The predicted octanol–water partition coefficient (Wildman–Crippen LogP) is 2.73. The van der Waals surface area contributed by atoms with Crippen molar-refractivity contribution in [3.05, 3.63) is 35.6 Å². The van der Waals surface area contributed by atoms with E-state index in [0.717, 1.165) is 25.7 Å². The van der Waals surface area contributed by atoms with E-state index in [1.165, 1.54) is 28.3 Å². The van der Waals surface area contributed by atoms with Gasteiger partial charge in [-0.3, -0.25) is 4.79 Å². The van der Waals surface area contributed by atoms with Gasteiger partial charge in [-0.15, -0.1) is 0 Å². The van der Waals surface area contributed by atoms with Crippen LogP contribution in [-0.2, 0) is 14.8 Å². The van der Waals surface area contributed by atoms with Crippen LogP contribution in [0.4, 0.5) is 4.39 Å². The quantitative estimate of drug-likeness (QED) is 0.792. The van der Waals surface area contributed by atoms with Gasteiger partial charge >= 0.3 is 0 Å². The standard InChI is InChI=1S/C20H27FN2O3S/c1-27(25,26)22-10-8-15(9-11-22)20(24)23-18-6-7-19(23)13-16(12-18)14-2-4-17(21)5-3-14/h2-5,15-16,18-19H,6-13H2,1H3/t18-,19-/m1/s1. The highest BCUT2D eigenvalue weighted by Crippen LogP contribution is 2.44. The lowest BCUT2D eigenvalue weighted by molar-refractivity contribution is -0.141. The van der Waals surface area contributed by atoms with Crippen LogP contribution in [0, 0.1) is 11.7 Å². The number of carbonyl (C=O) groups is 1. The smallest absolute Gasteiger partial charge is 0.226 e. The van der Waals surface area contributed by atoms with E-state index < -0.39 is 10.0 Å². The van der Waals surface area contributed by atoms with E-state index in [2.05, 4.69) is 4.90 Å². The average Bonchev–Trinajstić information content (AvgIpc) is 2.90. The van der Waals surface area contributed by atoms with Crippen LogP contribution in [0.3, 0.4) is 0 Å². The molecular formula is C20H27FN2O3S. The molecule has 0 spiro atoms. The lowest BCUT2D eigenvalue weighted by Gasteiger charge is -2.42. The Hall–Kier alpha value is -1.47. The highest BCUT2D eigenvalue weighted by atomic mass is 32.2. The molecule has 3 aliphatic rings. The highest BCUT2D eigenvalue weighted by Gasteiger charge is 2.45. The lowest BCUT2D eigenvalue weighted by atomic mass is 9.84. The fourth-order valence-corrected chi connectivity index (χ4v) is 6.06. The molecule has 0 N–H and O–H groups in total. The zero-order valence-corrected chi connectivity index (χ0v) is 16.5. The summed E-state index contributed by atoms with van der Waals surface area (Å²) in [5.74, 6) is 0.329. The first-order valence-electron chi connectivity index (χ1n) is 9.85. The Labute approximate surface area is 160 Å². The van der Waals surface area contributed by atoms with Crippen LogP contribution in [0.25, 0.3) is 0 Å². The van der Waals surface area contributed by atoms with Crippen molar-refractivity contribution in [2.45, 2.75) is 56.5 Å². The molecule has 0 unspecified atom stereocenters. The minimum absolute atomic E-state index is 0.0616. The number of hydrogen-bond acceptors (Lipinski definition) is 3. The van der Waals surface area contributed by atoms with E-state index in [1.54, 1.807) is 0 Å². The summed E-state index contributed by atoms with van der Waals surface area (Å²) in [6.07, 6.45) is 6.42. The van der Waals surface area contributed by atoms with Gasteiger partial charge in [0.05, 0.1) is 6.26 Å². The molecular weight excluding hydrogens is 367 g/mol. The number of nitrogens with zero attached hydrogens (tertiary/aromatic N) is 2. The molecule has 1 amide bonds. The van der Waals surface area contributed by atoms with E-state index in [9.17, 15) is 17.6 Å². The van der Waals surface area contributed by atoms with Gasteiger partial charge in [-0.1, -0.05) is 12.1 Å². The van der Waals surface area contributed by atoms with E-state index in [-0.39, 0.29) is 29.7 Å². The van der Waals surface area contributed by atoms with Crippen LogP contribution in [0.15, 0.2) is 24.3 Å². The van der Waals surface area contributed by atoms with Gasteiger partial charge in [-0.05, 0) is 62.1 Å². The summed E-state index contributed by atoms with van der Waals surface area (Å²) in [5.41, 5.74) is 1.17. The molecule has 3 aliphatic heterocycles. The van der Waals surface area contributed by atoms with Crippen molar-refractivity contribution >= 4 is 15.9 Å². The number of fused-ring (bicyclic) bond motifs is 2. The van der Waals surface area contributed by atoms with Crippen molar-refractivity contribution in [2.75, 3.05) is 19.3 Å². The Morgan fingerprint density at radius 1 is 1.00 bits per heavy atom. The fourth-order valence-electron chi connectivity index (χ4n) is 5.19. The zero-order valence-electron chi connectivity index (χ0n) is 15.7. The van der Waals surface area contributed by atoms with E-state index in [4.69, 9.17) is 0 Å². The van der Waals surface area contributed by atoms with Crippen molar-refractivity contribution in [3.8, 4) is 0 Å². The second-order valence-electron chi connectivity index (χ2n) is 8.29. The van der Waals surface area contributed by atoms with E-state index in [0.29, 0.717) is 31.8 Å². The number of halogens is 1. The molecule has 148 valence electrons. The third-order valence-electron chi connectivity index (χ3n) is 6.60. The van der Waals surface area contributed by atoms with Gasteiger partial charge in [-0.2, -0.15) is 0 Å². The van der Waals surface area contributed by atoms with Crippen molar-refractivity contribution in [3.63, 3.8) is 0 Å². The molecule has 3 fully saturated rings. The van der Waals surface area contributed by atoms with Crippen LogP contribution < -0.4 is 0 Å². The SMILES string of the molecule is CS(=O)(=O)N1CCC(C(=O)N2[C@@H]3CC[C@@H]2CC(c2ccc(F)cc2)C3)CC1. The first-order valence-corrected chi connectivity index (χ1v) is 11.7. The minimum Gasteiger partial charge on any atom is -0.336 e. The second-order valence-corrected chi connectivity index (χ2v) is 10.3. The highest BCUT2D eigenvalue weighted by molar-refractivity contribution is 7.88. The number of benzene rings is 1. The molecule has 1 aromatic carbocycles. The van der Waals surface area contributed by atoms with E-state index >= 15 is 0 Å². The van der Waals surface area contributed by atoms with Crippen molar-refractivity contribution in [2.24, 2.45) is 5.92 Å². The normalized spacial score (nSPS) is 29.9. The third kappa shape index (κ3) is 3.76. The summed E-state index contributed by atoms with van der Waals surface area (Å²) in [6, 6.07) is 7.31. The number of amides is 1. The van der Waals surface area contributed by atoms with Gasteiger partial charge < -0.3 is 4.90 Å². The monoisotopic (exact) mass is 394 g/mol. The molecule has 0 radical (unpaired) electrons. The number of sulfonamides is 1. The zero-order chi connectivity index (χ0) is 19.2. The second kappa shape index (κ2) is 7.17. The summed E-state index contributed by atoms with van der Waals surface area (Å²) in [5, 5.41) is 0. The van der Waals surface area contributed by atoms with Gasteiger partial charge in [0, 0.05) is 31.1 Å². The van der Waals surface area contributed by atoms with Crippen LogP contribution in [0.5, 0.6) is 0 Å². The molecule has 5 nitrogen and oxygen atoms in total. The Balaban J connectivity index is 1.41. The molecule has 7 heteroatoms. The maximum atomic E-state index is 13.2. The molecule has 2 atom stereocenters. The summed E-state index contributed by atoms with van der Waals surface area (Å²) in [6.45, 7) is 0.882. The van der Waals surface area contributed by atoms with Gasteiger partial charge in [0.1, 0.15) is 5.82 Å². The van der Waals surface area contributed by atoms with Crippen LogP contribution in [0.2, 0.25) is 0 Å². The summed E-state index contributed by atoms with van der Waals surface area (Å²) >= 11 is 0. The first kappa shape index (κ1) is 18.9. The molecule has 0 aliphatic carbocycles. The predicted molar refractivity (Wildman–Crippen MR) is 101 cm³/mol. The number of rotatable bonds is 3. The van der Waals surface area contributed by atoms with Gasteiger partial charge in [0.2, 0.25) is 15.9 Å². The maximum Gasteiger partial charge on any atom is 0.226 e. The number of piperidine rings is 2. The van der Waals surface area contributed by atoms with Gasteiger partial charge in [0.25, 0.3) is 0 Å². The molecule has 3 saturated heterocycles. The molecule has 0 saturated carbocycles. The molecule has 2 bridgehead atoms. The van der Waals surface area contributed by atoms with Crippen LogP contribution in [0.1, 0.15) is 50.0 Å². The van der Waals surface area contributed by atoms with Gasteiger partial charge in [-0.25, -0.2) is 17.1 Å². The minimum atomic E-state index is -3.17. The van der Waals surface area contributed by atoms with E-state index in [1.807, 2.05) is 12.1 Å². The molecule has 1 aromatic rings. The molecule has 4 rings (SSSR count). The topological polar surface area (TPSA) is 57.7 Å². The van der Waals surface area contributed by atoms with Gasteiger partial charge in [0.15, 0.2) is 0 Å². The molecule has 27 heavy (non-hydrogen) atoms. The maximum absolute atomic E-state index is 13.2. The van der Waals surface area contributed by atoms with Crippen molar-refractivity contribution in [1.29, 1.82) is 0 Å². The Morgan fingerprint density at radius 3 is 2.07 bits per heavy atom. The largest absolute Gasteiger partial charge is 0.336 e. The molecule has 3 heterocycles. The summed E-state index contributed by atoms with van der Waals surface area (Å²) < 4.78 is 38.0. The Bertz CT molecular complexity index is 789. The first-order chi connectivity index (χ1) is 12.8. The number of hydrogen-bond donors (Lipinski definition) is 0.